The van der Waals surface area contributed by atoms with E-state index in [0.717, 1.165) is 25.0 Å². The van der Waals surface area contributed by atoms with Crippen LogP contribution >= 0.6 is 0 Å². The molecule has 0 unspecified atom stereocenters. The van der Waals surface area contributed by atoms with Gasteiger partial charge in [-0.25, -0.2) is 0 Å². The zero-order valence-corrected chi connectivity index (χ0v) is 14.5. The largest absolute Gasteiger partial charge is 0.460 e. The first-order valence-corrected chi connectivity index (χ1v) is 8.63. The molecular weight excluding hydrogens is 368 g/mol. The molecular formula is C19H14N2O7. The Morgan fingerprint density at radius 1 is 0.964 bits per heavy atom. The van der Waals surface area contributed by atoms with E-state index in [2.05, 4.69) is 0 Å². The van der Waals surface area contributed by atoms with Gasteiger partial charge >= 0.3 is 5.69 Å². The van der Waals surface area contributed by atoms with Crippen LogP contribution in [0.2, 0.25) is 0 Å². The summed E-state index contributed by atoms with van der Waals surface area (Å²) in [7, 11) is 0. The summed E-state index contributed by atoms with van der Waals surface area (Å²) in [6.45, 7) is 0. The number of fused-ring (bicyclic) bond motifs is 2. The maximum atomic E-state index is 12.6. The molecule has 0 amide bonds. The topological polar surface area (TPSA) is 126 Å². The second-order valence-electron chi connectivity index (χ2n) is 6.47. The van der Waals surface area contributed by atoms with Gasteiger partial charge in [0.05, 0.1) is 21.3 Å². The molecule has 0 N–H and O–H groups in total. The second kappa shape index (κ2) is 6.76. The van der Waals surface area contributed by atoms with Gasteiger partial charge in [0.2, 0.25) is 5.75 Å². The zero-order chi connectivity index (χ0) is 19.8. The highest BCUT2D eigenvalue weighted by atomic mass is 16.6. The van der Waals surface area contributed by atoms with Gasteiger partial charge < -0.3 is 9.15 Å². The van der Waals surface area contributed by atoms with E-state index in [-0.39, 0.29) is 16.9 Å². The van der Waals surface area contributed by atoms with Crippen molar-refractivity contribution in [1.29, 1.82) is 0 Å². The summed E-state index contributed by atoms with van der Waals surface area (Å²) < 4.78 is 11.4. The highest BCUT2D eigenvalue weighted by Gasteiger charge is 2.22. The number of rotatable bonds is 4. The molecule has 9 heteroatoms. The third-order valence-electron chi connectivity index (χ3n) is 4.70. The smallest absolute Gasteiger partial charge is 0.318 e. The fourth-order valence-corrected chi connectivity index (χ4v) is 3.34. The number of non-ortho nitro benzene ring substituents is 1. The summed E-state index contributed by atoms with van der Waals surface area (Å²) in [5, 5.41) is 22.5. The third kappa shape index (κ3) is 3.07. The van der Waals surface area contributed by atoms with Gasteiger partial charge in [-0.3, -0.25) is 25.0 Å². The molecule has 2 aromatic carbocycles. The molecule has 0 aliphatic heterocycles. The molecule has 0 spiro atoms. The van der Waals surface area contributed by atoms with Crippen molar-refractivity contribution in [2.24, 2.45) is 0 Å². The molecule has 0 saturated carbocycles. The van der Waals surface area contributed by atoms with Crippen molar-refractivity contribution in [3.63, 3.8) is 0 Å². The van der Waals surface area contributed by atoms with Gasteiger partial charge in [0.15, 0.2) is 5.43 Å². The lowest BCUT2D eigenvalue weighted by Crippen LogP contribution is -2.16. The molecule has 142 valence electrons. The van der Waals surface area contributed by atoms with E-state index in [1.54, 1.807) is 6.07 Å². The second-order valence-corrected chi connectivity index (χ2v) is 6.47. The first-order valence-electron chi connectivity index (χ1n) is 8.63. The van der Waals surface area contributed by atoms with Crippen molar-refractivity contribution in [2.75, 3.05) is 0 Å². The maximum absolute atomic E-state index is 12.6. The minimum Gasteiger partial charge on any atom is -0.460 e. The fourth-order valence-electron chi connectivity index (χ4n) is 3.34. The van der Waals surface area contributed by atoms with Gasteiger partial charge in [-0.05, 0) is 37.5 Å². The Morgan fingerprint density at radius 3 is 2.50 bits per heavy atom. The van der Waals surface area contributed by atoms with E-state index in [0.29, 0.717) is 35.1 Å². The van der Waals surface area contributed by atoms with Crippen molar-refractivity contribution < 1.29 is 19.0 Å². The van der Waals surface area contributed by atoms with Gasteiger partial charge in [-0.1, -0.05) is 0 Å². The first kappa shape index (κ1) is 17.7. The van der Waals surface area contributed by atoms with E-state index in [9.17, 15) is 25.0 Å². The molecule has 0 saturated heterocycles. The molecule has 0 fully saturated rings. The van der Waals surface area contributed by atoms with E-state index in [1.165, 1.54) is 18.2 Å². The predicted molar refractivity (Wildman–Crippen MR) is 99.0 cm³/mol. The van der Waals surface area contributed by atoms with Crippen LogP contribution in [0, 0.1) is 20.2 Å². The summed E-state index contributed by atoms with van der Waals surface area (Å²) in [6, 6.07) is 7.70. The van der Waals surface area contributed by atoms with Gasteiger partial charge in [-0.15, -0.1) is 0 Å². The predicted octanol–water partition coefficient (Wildman–Crippen LogP) is 4.28. The number of ether oxygens (including phenoxy) is 1. The molecule has 1 aromatic heterocycles. The zero-order valence-electron chi connectivity index (χ0n) is 14.5. The lowest BCUT2D eigenvalue weighted by molar-refractivity contribution is -0.394. The van der Waals surface area contributed by atoms with E-state index < -0.39 is 21.2 Å². The molecule has 1 heterocycles. The Hall–Kier alpha value is -3.75. The highest BCUT2D eigenvalue weighted by molar-refractivity contribution is 5.79. The highest BCUT2D eigenvalue weighted by Crippen LogP contribution is 2.35. The summed E-state index contributed by atoms with van der Waals surface area (Å²) in [5.41, 5.74) is 0.0475. The SMILES string of the molecule is O=c1c2c(oc3cc(Oc4ccc([N+](=O)[O-])cc4[N+](=O)[O-])ccc13)CCCC2. The summed E-state index contributed by atoms with van der Waals surface area (Å²) in [5.74, 6) is 0.751. The standard InChI is InChI=1S/C19H14N2O7/c22-19-13-3-1-2-4-16(13)28-18-10-12(6-7-14(18)19)27-17-8-5-11(20(23)24)9-15(17)21(25)26/h5-10H,1-4H2. The van der Waals surface area contributed by atoms with Crippen molar-refractivity contribution in [3.05, 3.63) is 78.2 Å². The van der Waals surface area contributed by atoms with Gasteiger partial charge in [-0.2, -0.15) is 0 Å². The van der Waals surface area contributed by atoms with Crippen LogP contribution in [-0.4, -0.2) is 9.85 Å². The molecule has 4 rings (SSSR count). The number of benzene rings is 2. The van der Waals surface area contributed by atoms with Crippen LogP contribution in [0.15, 0.2) is 45.6 Å². The van der Waals surface area contributed by atoms with E-state index >= 15 is 0 Å². The van der Waals surface area contributed by atoms with Crippen LogP contribution in [0.25, 0.3) is 11.0 Å². The Labute approximate surface area is 157 Å². The van der Waals surface area contributed by atoms with Crippen LogP contribution in [0.5, 0.6) is 11.5 Å². The molecule has 28 heavy (non-hydrogen) atoms. The number of nitro benzene ring substituents is 2. The van der Waals surface area contributed by atoms with Crippen LogP contribution in [0.4, 0.5) is 11.4 Å². The van der Waals surface area contributed by atoms with Crippen molar-refractivity contribution in [2.45, 2.75) is 25.7 Å². The Kier molecular flexibility index (Phi) is 4.26. The molecule has 0 atom stereocenters. The first-order chi connectivity index (χ1) is 13.4. The summed E-state index contributed by atoms with van der Waals surface area (Å²) in [6.07, 6.45) is 3.29. The number of nitro groups is 2. The number of nitrogens with zero attached hydrogens (tertiary/aromatic N) is 2. The fraction of sp³-hybridized carbons (Fsp3) is 0.211. The quantitative estimate of drug-likeness (QED) is 0.487. The van der Waals surface area contributed by atoms with Crippen molar-refractivity contribution >= 4 is 22.3 Å². The number of hydrogen-bond acceptors (Lipinski definition) is 7. The monoisotopic (exact) mass is 382 g/mol. The average molecular weight is 382 g/mol. The Balaban J connectivity index is 1.75. The molecule has 9 nitrogen and oxygen atoms in total. The van der Waals surface area contributed by atoms with Crippen LogP contribution in [0.3, 0.4) is 0 Å². The lowest BCUT2D eigenvalue weighted by Gasteiger charge is -2.14. The Bertz CT molecular complexity index is 1180. The van der Waals surface area contributed by atoms with Crippen LogP contribution in [0.1, 0.15) is 24.2 Å². The number of aryl methyl sites for hydroxylation is 1. The summed E-state index contributed by atoms with van der Waals surface area (Å²) in [4.78, 5) is 33.3. The molecule has 0 bridgehead atoms. The normalized spacial score (nSPS) is 13.1. The van der Waals surface area contributed by atoms with Crippen LogP contribution in [-0.2, 0) is 12.8 Å². The van der Waals surface area contributed by atoms with Gasteiger partial charge in [0.1, 0.15) is 17.1 Å². The summed E-state index contributed by atoms with van der Waals surface area (Å²) >= 11 is 0. The van der Waals surface area contributed by atoms with E-state index in [4.69, 9.17) is 9.15 Å². The van der Waals surface area contributed by atoms with Gasteiger partial charge in [0, 0.05) is 24.1 Å². The Morgan fingerprint density at radius 2 is 1.75 bits per heavy atom. The minimum absolute atomic E-state index is 0.0659. The molecule has 1 aliphatic rings. The minimum atomic E-state index is -0.750. The lowest BCUT2D eigenvalue weighted by atomic mass is 9.96. The molecule has 0 radical (unpaired) electrons. The average Bonchev–Trinajstić information content (AvgIpc) is 2.68. The van der Waals surface area contributed by atoms with Gasteiger partial charge in [0.25, 0.3) is 5.69 Å². The van der Waals surface area contributed by atoms with E-state index in [1.807, 2.05) is 0 Å². The third-order valence-corrected chi connectivity index (χ3v) is 4.70. The molecule has 1 aliphatic carbocycles. The van der Waals surface area contributed by atoms with Crippen molar-refractivity contribution in [3.8, 4) is 11.5 Å². The molecule has 3 aromatic rings. The van der Waals surface area contributed by atoms with Crippen LogP contribution < -0.4 is 10.2 Å². The maximum Gasteiger partial charge on any atom is 0.318 e. The van der Waals surface area contributed by atoms with Crippen molar-refractivity contribution in [1.82, 2.24) is 0 Å². The number of hydrogen-bond donors (Lipinski definition) is 0.